The molecule has 0 aliphatic carbocycles. The van der Waals surface area contributed by atoms with Gasteiger partial charge in [-0.05, 0) is 6.26 Å². The van der Waals surface area contributed by atoms with E-state index < -0.39 is 7.80 Å². The summed E-state index contributed by atoms with van der Waals surface area (Å²) >= 11 is 1.63. The molecule has 0 heterocycles. The SMILES string of the molecule is CSC[P+](C)=O. The van der Waals surface area contributed by atoms with E-state index in [2.05, 4.69) is 0 Å². The summed E-state index contributed by atoms with van der Waals surface area (Å²) in [6, 6.07) is 0. The molecule has 1 unspecified atom stereocenters. The summed E-state index contributed by atoms with van der Waals surface area (Å²) in [5.41, 5.74) is 0.801. The molecule has 0 bridgehead atoms. The van der Waals surface area contributed by atoms with Crippen LogP contribution in [0.2, 0.25) is 0 Å². The van der Waals surface area contributed by atoms with E-state index in [1.165, 1.54) is 0 Å². The maximum absolute atomic E-state index is 10.2. The zero-order chi connectivity index (χ0) is 4.99. The fourth-order valence-electron chi connectivity index (χ4n) is 0.182. The van der Waals surface area contributed by atoms with E-state index in [4.69, 9.17) is 0 Å². The summed E-state index contributed by atoms with van der Waals surface area (Å²) in [5.74, 6) is 0. The van der Waals surface area contributed by atoms with Crippen LogP contribution in [-0.4, -0.2) is 18.4 Å². The van der Waals surface area contributed by atoms with Gasteiger partial charge < -0.3 is 0 Å². The topological polar surface area (TPSA) is 17.1 Å². The lowest BCUT2D eigenvalue weighted by Crippen LogP contribution is -1.59. The Labute approximate surface area is 43.3 Å². The van der Waals surface area contributed by atoms with Gasteiger partial charge in [0.2, 0.25) is 0 Å². The van der Waals surface area contributed by atoms with Gasteiger partial charge >= 0.3 is 7.80 Å². The van der Waals surface area contributed by atoms with E-state index in [-0.39, 0.29) is 0 Å². The van der Waals surface area contributed by atoms with Gasteiger partial charge in [0.1, 0.15) is 6.66 Å². The van der Waals surface area contributed by atoms with Crippen molar-refractivity contribution in [3.05, 3.63) is 0 Å². The smallest absolute Gasteiger partial charge is 0.114 e. The number of thioether (sulfide) groups is 1. The molecule has 0 aliphatic heterocycles. The van der Waals surface area contributed by atoms with Crippen LogP contribution in [0.15, 0.2) is 0 Å². The van der Waals surface area contributed by atoms with Crippen molar-refractivity contribution in [3.63, 3.8) is 0 Å². The first kappa shape index (κ1) is 6.45. The van der Waals surface area contributed by atoms with Crippen LogP contribution in [0.1, 0.15) is 0 Å². The minimum absolute atomic E-state index is 0.801. The lowest BCUT2D eigenvalue weighted by Gasteiger charge is -1.69. The monoisotopic (exact) mass is 123 g/mol. The van der Waals surface area contributed by atoms with E-state index in [9.17, 15) is 4.57 Å². The van der Waals surface area contributed by atoms with Crippen molar-refractivity contribution in [1.29, 1.82) is 0 Å². The summed E-state index contributed by atoms with van der Waals surface area (Å²) in [7, 11) is -0.888. The lowest BCUT2D eigenvalue weighted by atomic mass is 11.9. The Morgan fingerprint density at radius 3 is 2.33 bits per heavy atom. The third kappa shape index (κ3) is 4.45. The third-order valence-electron chi connectivity index (χ3n) is 0.311. The molecule has 0 aromatic rings. The average Bonchev–Trinajstić information content (AvgIpc) is 1.35. The zero-order valence-electron chi connectivity index (χ0n) is 3.97. The van der Waals surface area contributed by atoms with Crippen LogP contribution < -0.4 is 0 Å². The number of rotatable bonds is 2. The molecule has 1 atom stereocenters. The van der Waals surface area contributed by atoms with Crippen LogP contribution in [0.4, 0.5) is 0 Å². The molecule has 0 rings (SSSR count). The van der Waals surface area contributed by atoms with Crippen molar-refractivity contribution < 1.29 is 4.57 Å². The molecule has 0 fully saturated rings. The minimum Gasteiger partial charge on any atom is -0.114 e. The molecular weight excluding hydrogens is 115 g/mol. The van der Waals surface area contributed by atoms with Crippen molar-refractivity contribution in [2.24, 2.45) is 0 Å². The Bertz CT molecular complexity index is 54.8. The lowest BCUT2D eigenvalue weighted by molar-refractivity contribution is 0.594. The highest BCUT2D eigenvalue weighted by atomic mass is 32.2. The molecule has 0 spiro atoms. The Morgan fingerprint density at radius 2 is 2.33 bits per heavy atom. The third-order valence-corrected chi connectivity index (χ3v) is 2.80. The van der Waals surface area contributed by atoms with E-state index in [0.717, 1.165) is 5.49 Å². The second-order valence-electron chi connectivity index (χ2n) is 1.05. The first-order chi connectivity index (χ1) is 2.77. The average molecular weight is 123 g/mol. The van der Waals surface area contributed by atoms with E-state index in [0.29, 0.717) is 0 Å². The van der Waals surface area contributed by atoms with Gasteiger partial charge in [-0.25, -0.2) is 0 Å². The van der Waals surface area contributed by atoms with Gasteiger partial charge in [-0.2, -0.15) is 0 Å². The van der Waals surface area contributed by atoms with Crippen molar-refractivity contribution >= 4 is 19.6 Å². The van der Waals surface area contributed by atoms with Gasteiger partial charge in [0.25, 0.3) is 0 Å². The van der Waals surface area contributed by atoms with Gasteiger partial charge in [0, 0.05) is 0 Å². The van der Waals surface area contributed by atoms with Crippen LogP contribution in [0.3, 0.4) is 0 Å². The predicted molar refractivity (Wildman–Crippen MR) is 31.9 cm³/mol. The molecule has 1 nitrogen and oxygen atoms in total. The predicted octanol–water partition coefficient (Wildman–Crippen LogP) is 1.76. The van der Waals surface area contributed by atoms with Crippen LogP contribution in [0, 0.1) is 0 Å². The van der Waals surface area contributed by atoms with Crippen LogP contribution in [0.5, 0.6) is 0 Å². The first-order valence-electron chi connectivity index (χ1n) is 1.64. The molecule has 36 valence electrons. The van der Waals surface area contributed by atoms with Crippen molar-refractivity contribution in [2.45, 2.75) is 0 Å². The van der Waals surface area contributed by atoms with Crippen LogP contribution in [0.25, 0.3) is 0 Å². The molecule has 0 aliphatic rings. The Balaban J connectivity index is 2.83. The maximum atomic E-state index is 10.2. The maximum Gasteiger partial charge on any atom is 0.346 e. The normalized spacial score (nSPS) is 11.3. The molecule has 0 amide bonds. The standard InChI is InChI=1S/C3H8OPS/c1-5(4)3-6-2/h3H2,1-2H3/q+1. The van der Waals surface area contributed by atoms with Crippen molar-refractivity contribution in [2.75, 3.05) is 18.4 Å². The second-order valence-corrected chi connectivity index (χ2v) is 3.91. The van der Waals surface area contributed by atoms with Crippen molar-refractivity contribution in [1.82, 2.24) is 0 Å². The highest BCUT2D eigenvalue weighted by Gasteiger charge is 1.99. The van der Waals surface area contributed by atoms with Gasteiger partial charge in [-0.1, -0.05) is 4.57 Å². The number of hydrogen-bond donors (Lipinski definition) is 0. The fraction of sp³-hybridized carbons (Fsp3) is 1.00. The van der Waals surface area contributed by atoms with E-state index in [1.807, 2.05) is 6.26 Å². The van der Waals surface area contributed by atoms with E-state index >= 15 is 0 Å². The zero-order valence-corrected chi connectivity index (χ0v) is 5.68. The van der Waals surface area contributed by atoms with Crippen molar-refractivity contribution in [3.8, 4) is 0 Å². The van der Waals surface area contributed by atoms with Gasteiger partial charge in [-0.3, -0.25) is 0 Å². The quantitative estimate of drug-likeness (QED) is 0.520. The van der Waals surface area contributed by atoms with Crippen LogP contribution >= 0.6 is 19.6 Å². The summed E-state index contributed by atoms with van der Waals surface area (Å²) in [4.78, 5) is 0. The Morgan fingerprint density at radius 1 is 1.83 bits per heavy atom. The molecule has 0 radical (unpaired) electrons. The molecule has 0 aromatic heterocycles. The molecule has 0 saturated carbocycles. The summed E-state index contributed by atoms with van der Waals surface area (Å²) in [5, 5.41) is 0. The summed E-state index contributed by atoms with van der Waals surface area (Å²) in [6.07, 6.45) is 1.96. The summed E-state index contributed by atoms with van der Waals surface area (Å²) < 4.78 is 10.2. The molecule has 3 heteroatoms. The van der Waals surface area contributed by atoms with Gasteiger partial charge in [0.15, 0.2) is 5.49 Å². The van der Waals surface area contributed by atoms with Crippen LogP contribution in [-0.2, 0) is 4.57 Å². The summed E-state index contributed by atoms with van der Waals surface area (Å²) in [6.45, 7) is 1.74. The molecular formula is C3H8OPS+. The van der Waals surface area contributed by atoms with E-state index in [1.54, 1.807) is 18.4 Å². The highest BCUT2D eigenvalue weighted by Crippen LogP contribution is 2.18. The molecule has 0 N–H and O–H groups in total. The molecule has 0 saturated heterocycles. The van der Waals surface area contributed by atoms with Gasteiger partial charge in [-0.15, -0.1) is 11.8 Å². The Hall–Kier alpha value is 0.450. The second kappa shape index (κ2) is 3.63. The molecule has 6 heavy (non-hydrogen) atoms. The number of hydrogen-bond acceptors (Lipinski definition) is 2. The largest absolute Gasteiger partial charge is 0.346 e. The Kier molecular flexibility index (Phi) is 3.91. The van der Waals surface area contributed by atoms with Gasteiger partial charge in [0.05, 0.1) is 0 Å². The fourth-order valence-corrected chi connectivity index (χ4v) is 1.64. The minimum atomic E-state index is -0.888. The first-order valence-corrected chi connectivity index (χ1v) is 4.93. The highest BCUT2D eigenvalue weighted by molar-refractivity contribution is 8.03. The molecule has 0 aromatic carbocycles.